The fraction of sp³-hybridized carbons (Fsp3) is 0.308. The van der Waals surface area contributed by atoms with Gasteiger partial charge in [-0.3, -0.25) is 5.43 Å². The summed E-state index contributed by atoms with van der Waals surface area (Å²) in [4.78, 5) is 35.0. The number of carboxylic acids is 1. The Morgan fingerprint density at radius 2 is 1.87 bits per heavy atom. The van der Waals surface area contributed by atoms with Gasteiger partial charge in [0.2, 0.25) is 0 Å². The number of hydrogen-bond donors (Lipinski definition) is 5. The zero-order valence-corrected chi connectivity index (χ0v) is 21.6. The summed E-state index contributed by atoms with van der Waals surface area (Å²) in [6.07, 6.45) is 0.306. The number of rotatable bonds is 13. The van der Waals surface area contributed by atoms with Gasteiger partial charge in [0, 0.05) is 5.70 Å². The first-order chi connectivity index (χ1) is 18.7. The number of carbonyl (C=O) groups excluding carboxylic acids is 2. The van der Waals surface area contributed by atoms with Crippen molar-refractivity contribution in [3.8, 4) is 17.2 Å². The van der Waals surface area contributed by atoms with Gasteiger partial charge in [-0.05, 0) is 61.4 Å². The lowest BCUT2D eigenvalue weighted by Crippen LogP contribution is -2.45. The van der Waals surface area contributed by atoms with Gasteiger partial charge >= 0.3 is 18.0 Å². The maximum Gasteiger partial charge on any atom is 0.341 e. The quantitative estimate of drug-likeness (QED) is 0.108. The normalized spacial score (nSPS) is 15.7. The number of urea groups is 1. The molecule has 0 fully saturated rings. The third kappa shape index (κ3) is 8.10. The molecule has 0 saturated heterocycles. The Labute approximate surface area is 224 Å². The number of nitrogens with zero attached hydrogens (tertiary/aromatic N) is 1. The van der Waals surface area contributed by atoms with Gasteiger partial charge in [0.05, 0.1) is 31.5 Å². The third-order valence-electron chi connectivity index (χ3n) is 5.35. The number of aliphatic hydroxyl groups excluding tert-OH is 1. The summed E-state index contributed by atoms with van der Waals surface area (Å²) in [5.41, 5.74) is 4.44. The SMILES string of the molecule is CCOc1cc([C@H]2NC(=O)NC(C)=C2C(=O)OC)ccc1OC[C@@H](O)N/N=C\c1ccc(OCC(=O)O)cc1. The lowest BCUT2D eigenvalue weighted by molar-refractivity contribution is -0.139. The number of hydrogen-bond acceptors (Lipinski definition) is 10. The van der Waals surface area contributed by atoms with Crippen molar-refractivity contribution in [1.82, 2.24) is 16.1 Å². The lowest BCUT2D eigenvalue weighted by Gasteiger charge is -2.28. The highest BCUT2D eigenvalue weighted by Crippen LogP contribution is 2.34. The molecule has 0 bridgehead atoms. The molecule has 5 N–H and O–H groups in total. The van der Waals surface area contributed by atoms with Crippen LogP contribution < -0.4 is 30.3 Å². The molecule has 39 heavy (non-hydrogen) atoms. The summed E-state index contributed by atoms with van der Waals surface area (Å²) in [6, 6.07) is 10.3. The molecule has 2 aromatic rings. The molecule has 0 unspecified atom stereocenters. The van der Waals surface area contributed by atoms with Gasteiger partial charge in [-0.2, -0.15) is 5.10 Å². The standard InChI is InChI=1S/C26H30N4O9/c1-4-37-20-11-17(24-23(25(34)36-3)15(2)28-26(35)29-24)7-10-19(20)39-13-21(31)30-27-12-16-5-8-18(9-6-16)38-14-22(32)33/h5-12,21,24,30-31H,4,13-14H2,1-3H3,(H,32,33)(H2,28,29,35)/b27-12-/t21-,24-/m1/s1. The third-order valence-corrected chi connectivity index (χ3v) is 5.35. The lowest BCUT2D eigenvalue weighted by atomic mass is 9.95. The molecule has 0 radical (unpaired) electrons. The number of aliphatic carboxylic acids is 1. The Morgan fingerprint density at radius 3 is 2.54 bits per heavy atom. The van der Waals surface area contributed by atoms with Crippen molar-refractivity contribution in [1.29, 1.82) is 0 Å². The van der Waals surface area contributed by atoms with E-state index in [1.165, 1.54) is 13.3 Å². The summed E-state index contributed by atoms with van der Waals surface area (Å²) in [5.74, 6) is -0.558. The molecule has 2 atom stereocenters. The number of amides is 2. The number of hydrazone groups is 1. The van der Waals surface area contributed by atoms with Crippen LogP contribution in [0.25, 0.3) is 0 Å². The van der Waals surface area contributed by atoms with Crippen LogP contribution in [0.2, 0.25) is 0 Å². The molecule has 3 rings (SSSR count). The largest absolute Gasteiger partial charge is 0.490 e. The maximum atomic E-state index is 12.4. The van der Waals surface area contributed by atoms with Crippen molar-refractivity contribution in [3.63, 3.8) is 0 Å². The second kappa shape index (κ2) is 13.7. The molecule has 1 aliphatic heterocycles. The van der Waals surface area contributed by atoms with Gasteiger partial charge in [-0.15, -0.1) is 0 Å². The maximum absolute atomic E-state index is 12.4. The van der Waals surface area contributed by atoms with Crippen LogP contribution in [0.5, 0.6) is 17.2 Å². The predicted octanol–water partition coefficient (Wildman–Crippen LogP) is 1.67. The van der Waals surface area contributed by atoms with Gasteiger partial charge in [0.25, 0.3) is 0 Å². The summed E-state index contributed by atoms with van der Waals surface area (Å²) < 4.78 is 21.4. The average molecular weight is 543 g/mol. The van der Waals surface area contributed by atoms with Crippen LogP contribution in [0, 0.1) is 0 Å². The summed E-state index contributed by atoms with van der Waals surface area (Å²) in [7, 11) is 1.26. The molecule has 1 aliphatic rings. The smallest absolute Gasteiger partial charge is 0.341 e. The highest BCUT2D eigenvalue weighted by atomic mass is 16.5. The Hall–Kier alpha value is -4.78. The highest BCUT2D eigenvalue weighted by molar-refractivity contribution is 5.95. The molecule has 2 aromatic carbocycles. The zero-order valence-electron chi connectivity index (χ0n) is 21.6. The average Bonchev–Trinajstić information content (AvgIpc) is 2.91. The van der Waals surface area contributed by atoms with Crippen LogP contribution in [0.1, 0.15) is 31.0 Å². The number of ether oxygens (including phenoxy) is 4. The van der Waals surface area contributed by atoms with Crippen LogP contribution in [-0.4, -0.2) is 67.6 Å². The first-order valence-corrected chi connectivity index (χ1v) is 11.9. The number of allylic oxidation sites excluding steroid dienone is 1. The second-order valence-electron chi connectivity index (χ2n) is 8.17. The van der Waals surface area contributed by atoms with Crippen LogP contribution >= 0.6 is 0 Å². The number of carboxylic acid groups (broad SMARTS) is 1. The molecule has 0 saturated carbocycles. The van der Waals surface area contributed by atoms with Crippen LogP contribution in [0.15, 0.2) is 58.8 Å². The minimum absolute atomic E-state index is 0.171. The van der Waals surface area contributed by atoms with E-state index >= 15 is 0 Å². The van der Waals surface area contributed by atoms with E-state index in [9.17, 15) is 19.5 Å². The van der Waals surface area contributed by atoms with Crippen molar-refractivity contribution in [2.45, 2.75) is 26.1 Å². The number of nitrogens with one attached hydrogen (secondary N) is 3. The van der Waals surface area contributed by atoms with Crippen molar-refractivity contribution in [3.05, 3.63) is 64.9 Å². The van der Waals surface area contributed by atoms with Gasteiger partial charge in [0.15, 0.2) is 24.3 Å². The minimum Gasteiger partial charge on any atom is -0.490 e. The molecule has 0 spiro atoms. The van der Waals surface area contributed by atoms with E-state index in [-0.39, 0.29) is 12.2 Å². The second-order valence-corrected chi connectivity index (χ2v) is 8.17. The summed E-state index contributed by atoms with van der Waals surface area (Å²) in [5, 5.41) is 28.1. The van der Waals surface area contributed by atoms with Gasteiger partial charge < -0.3 is 39.8 Å². The molecule has 13 heteroatoms. The Morgan fingerprint density at radius 1 is 1.13 bits per heavy atom. The van der Waals surface area contributed by atoms with Gasteiger partial charge in [-0.25, -0.2) is 14.4 Å². The van der Waals surface area contributed by atoms with E-state index in [2.05, 4.69) is 21.2 Å². The van der Waals surface area contributed by atoms with Crippen LogP contribution in [0.3, 0.4) is 0 Å². The number of esters is 1. The van der Waals surface area contributed by atoms with Crippen molar-refractivity contribution in [2.24, 2.45) is 5.10 Å². The van der Waals surface area contributed by atoms with Crippen LogP contribution in [0.4, 0.5) is 4.79 Å². The molecule has 2 amide bonds. The van der Waals surface area contributed by atoms with Crippen LogP contribution in [-0.2, 0) is 14.3 Å². The van der Waals surface area contributed by atoms with E-state index in [0.29, 0.717) is 40.7 Å². The van der Waals surface area contributed by atoms with E-state index in [4.69, 9.17) is 24.1 Å². The highest BCUT2D eigenvalue weighted by Gasteiger charge is 2.32. The van der Waals surface area contributed by atoms with Crippen molar-refractivity contribution >= 4 is 24.2 Å². The first-order valence-electron chi connectivity index (χ1n) is 11.9. The Bertz CT molecular complexity index is 1240. The van der Waals surface area contributed by atoms with Gasteiger partial charge in [-0.1, -0.05) is 6.07 Å². The monoisotopic (exact) mass is 542 g/mol. The van der Waals surface area contributed by atoms with E-state index in [1.807, 2.05) is 0 Å². The fourth-order valence-electron chi connectivity index (χ4n) is 3.62. The van der Waals surface area contributed by atoms with E-state index in [1.54, 1.807) is 56.3 Å². The number of carbonyl (C=O) groups is 3. The first kappa shape index (κ1) is 28.8. The number of benzene rings is 2. The summed E-state index contributed by atoms with van der Waals surface area (Å²) in [6.45, 7) is 3.12. The molecule has 1 heterocycles. The van der Waals surface area contributed by atoms with E-state index in [0.717, 1.165) is 0 Å². The fourth-order valence-corrected chi connectivity index (χ4v) is 3.62. The Kier molecular flexibility index (Phi) is 10.1. The predicted molar refractivity (Wildman–Crippen MR) is 139 cm³/mol. The summed E-state index contributed by atoms with van der Waals surface area (Å²) >= 11 is 0. The minimum atomic E-state index is -1.16. The molecular weight excluding hydrogens is 512 g/mol. The number of methoxy groups -OCH3 is 1. The Balaban J connectivity index is 1.63. The zero-order chi connectivity index (χ0) is 28.4. The molecule has 13 nitrogen and oxygen atoms in total. The molecule has 208 valence electrons. The topological polar surface area (TPSA) is 177 Å². The van der Waals surface area contributed by atoms with Gasteiger partial charge in [0.1, 0.15) is 12.4 Å². The molecular formula is C26H30N4O9. The molecule has 0 aliphatic carbocycles. The van der Waals surface area contributed by atoms with E-state index < -0.39 is 36.8 Å². The number of aliphatic hydroxyl groups is 1. The van der Waals surface area contributed by atoms with Crippen molar-refractivity contribution in [2.75, 3.05) is 26.9 Å². The van der Waals surface area contributed by atoms with Crippen molar-refractivity contribution < 1.29 is 43.5 Å². The molecule has 0 aromatic heterocycles.